The SMILES string of the molecule is C#CCC(C)NCCCCCC(=O)O. The standard InChI is InChI=1S/C11H19NO2/c1-3-7-10(2)12-9-6-4-5-8-11(13)14/h1,10,12H,4-9H2,2H3,(H,13,14). The Hall–Kier alpha value is -1.01. The molecule has 0 aliphatic rings. The first-order valence-corrected chi connectivity index (χ1v) is 5.05. The number of hydrogen-bond acceptors (Lipinski definition) is 2. The van der Waals surface area contributed by atoms with Crippen molar-refractivity contribution in [2.45, 2.75) is 45.1 Å². The average Bonchev–Trinajstić information content (AvgIpc) is 2.11. The normalized spacial score (nSPS) is 12.0. The molecule has 0 bridgehead atoms. The van der Waals surface area contributed by atoms with E-state index in [0.717, 1.165) is 32.2 Å². The van der Waals surface area contributed by atoms with Gasteiger partial charge >= 0.3 is 5.97 Å². The molecule has 0 saturated carbocycles. The zero-order chi connectivity index (χ0) is 10.8. The van der Waals surface area contributed by atoms with Crippen molar-refractivity contribution in [3.8, 4) is 12.3 Å². The summed E-state index contributed by atoms with van der Waals surface area (Å²) in [7, 11) is 0. The van der Waals surface area contributed by atoms with Gasteiger partial charge in [0, 0.05) is 18.9 Å². The number of terminal acetylenes is 1. The van der Waals surface area contributed by atoms with Crippen LogP contribution in [0.2, 0.25) is 0 Å². The van der Waals surface area contributed by atoms with E-state index in [2.05, 4.69) is 18.2 Å². The molecule has 0 aromatic rings. The molecular formula is C11H19NO2. The van der Waals surface area contributed by atoms with Crippen molar-refractivity contribution in [3.05, 3.63) is 0 Å². The molecule has 0 radical (unpaired) electrons. The topological polar surface area (TPSA) is 49.3 Å². The van der Waals surface area contributed by atoms with Gasteiger partial charge in [0.25, 0.3) is 0 Å². The van der Waals surface area contributed by atoms with Crippen molar-refractivity contribution >= 4 is 5.97 Å². The Morgan fingerprint density at radius 2 is 2.21 bits per heavy atom. The van der Waals surface area contributed by atoms with Crippen LogP contribution in [0.15, 0.2) is 0 Å². The van der Waals surface area contributed by atoms with Gasteiger partial charge in [-0.15, -0.1) is 12.3 Å². The maximum Gasteiger partial charge on any atom is 0.303 e. The zero-order valence-corrected chi connectivity index (χ0v) is 8.75. The van der Waals surface area contributed by atoms with Crippen molar-refractivity contribution in [2.75, 3.05) is 6.54 Å². The largest absolute Gasteiger partial charge is 0.481 e. The van der Waals surface area contributed by atoms with E-state index in [1.807, 2.05) is 0 Å². The molecule has 0 aliphatic heterocycles. The highest BCUT2D eigenvalue weighted by molar-refractivity contribution is 5.66. The van der Waals surface area contributed by atoms with E-state index >= 15 is 0 Å². The smallest absolute Gasteiger partial charge is 0.303 e. The zero-order valence-electron chi connectivity index (χ0n) is 8.75. The van der Waals surface area contributed by atoms with Crippen LogP contribution in [0, 0.1) is 12.3 Å². The van der Waals surface area contributed by atoms with Gasteiger partial charge in [0.1, 0.15) is 0 Å². The van der Waals surface area contributed by atoms with Crippen LogP contribution in [0.25, 0.3) is 0 Å². The summed E-state index contributed by atoms with van der Waals surface area (Å²) in [6.45, 7) is 2.97. The number of carboxylic acids is 1. The van der Waals surface area contributed by atoms with E-state index in [1.54, 1.807) is 0 Å². The molecule has 0 aromatic heterocycles. The van der Waals surface area contributed by atoms with Crippen LogP contribution in [-0.2, 0) is 4.79 Å². The lowest BCUT2D eigenvalue weighted by molar-refractivity contribution is -0.137. The molecule has 1 unspecified atom stereocenters. The summed E-state index contributed by atoms with van der Waals surface area (Å²) < 4.78 is 0. The number of unbranched alkanes of at least 4 members (excludes halogenated alkanes) is 2. The Morgan fingerprint density at radius 3 is 2.79 bits per heavy atom. The maximum absolute atomic E-state index is 10.2. The van der Waals surface area contributed by atoms with E-state index in [1.165, 1.54) is 0 Å². The van der Waals surface area contributed by atoms with E-state index < -0.39 is 5.97 Å². The molecule has 0 aliphatic carbocycles. The van der Waals surface area contributed by atoms with Crippen LogP contribution in [0.4, 0.5) is 0 Å². The highest BCUT2D eigenvalue weighted by Crippen LogP contribution is 1.99. The molecule has 3 nitrogen and oxygen atoms in total. The second-order valence-electron chi connectivity index (χ2n) is 3.47. The highest BCUT2D eigenvalue weighted by Gasteiger charge is 1.98. The predicted octanol–water partition coefficient (Wildman–Crippen LogP) is 1.63. The van der Waals surface area contributed by atoms with Crippen LogP contribution in [0.3, 0.4) is 0 Å². The van der Waals surface area contributed by atoms with Crippen molar-refractivity contribution < 1.29 is 9.90 Å². The van der Waals surface area contributed by atoms with Gasteiger partial charge in [-0.2, -0.15) is 0 Å². The summed E-state index contributed by atoms with van der Waals surface area (Å²) in [4.78, 5) is 10.2. The first kappa shape index (κ1) is 13.0. The summed E-state index contributed by atoms with van der Waals surface area (Å²) >= 11 is 0. The fourth-order valence-corrected chi connectivity index (χ4v) is 1.18. The Morgan fingerprint density at radius 1 is 1.50 bits per heavy atom. The monoisotopic (exact) mass is 197 g/mol. The fourth-order valence-electron chi connectivity index (χ4n) is 1.18. The van der Waals surface area contributed by atoms with Crippen LogP contribution < -0.4 is 5.32 Å². The van der Waals surface area contributed by atoms with Gasteiger partial charge in [0.2, 0.25) is 0 Å². The lowest BCUT2D eigenvalue weighted by Gasteiger charge is -2.09. The summed E-state index contributed by atoms with van der Waals surface area (Å²) in [5, 5.41) is 11.7. The summed E-state index contributed by atoms with van der Waals surface area (Å²) in [5.74, 6) is 1.88. The third-order valence-electron chi connectivity index (χ3n) is 1.98. The summed E-state index contributed by atoms with van der Waals surface area (Å²) in [5.41, 5.74) is 0. The van der Waals surface area contributed by atoms with Gasteiger partial charge in [-0.25, -0.2) is 0 Å². The second kappa shape index (κ2) is 8.58. The molecule has 0 rings (SSSR count). The molecule has 0 fully saturated rings. The summed E-state index contributed by atoms with van der Waals surface area (Å²) in [6, 6.07) is 0.361. The highest BCUT2D eigenvalue weighted by atomic mass is 16.4. The van der Waals surface area contributed by atoms with Gasteiger partial charge in [0.05, 0.1) is 0 Å². The number of rotatable bonds is 8. The van der Waals surface area contributed by atoms with Crippen LogP contribution in [0.5, 0.6) is 0 Å². The van der Waals surface area contributed by atoms with Crippen molar-refractivity contribution in [1.29, 1.82) is 0 Å². The number of carbonyl (C=O) groups is 1. The predicted molar refractivity (Wildman–Crippen MR) is 57.0 cm³/mol. The quantitative estimate of drug-likeness (QED) is 0.459. The lowest BCUT2D eigenvalue weighted by atomic mass is 10.2. The minimum absolute atomic E-state index is 0.278. The number of hydrogen-bond donors (Lipinski definition) is 2. The second-order valence-corrected chi connectivity index (χ2v) is 3.47. The molecule has 1 atom stereocenters. The van der Waals surface area contributed by atoms with E-state index in [4.69, 9.17) is 11.5 Å². The Balaban J connectivity index is 3.14. The number of carboxylic acid groups (broad SMARTS) is 1. The number of aliphatic carboxylic acids is 1. The van der Waals surface area contributed by atoms with Crippen molar-refractivity contribution in [1.82, 2.24) is 5.32 Å². The molecule has 0 saturated heterocycles. The molecule has 0 aromatic carbocycles. The van der Waals surface area contributed by atoms with Crippen LogP contribution in [0.1, 0.15) is 39.0 Å². The van der Waals surface area contributed by atoms with Crippen molar-refractivity contribution in [2.24, 2.45) is 0 Å². The Bertz CT molecular complexity index is 196. The van der Waals surface area contributed by atoms with Gasteiger partial charge < -0.3 is 10.4 Å². The summed E-state index contributed by atoms with van der Waals surface area (Å²) in [6.07, 6.45) is 8.92. The fraction of sp³-hybridized carbons (Fsp3) is 0.727. The maximum atomic E-state index is 10.2. The molecule has 0 amide bonds. The van der Waals surface area contributed by atoms with Crippen LogP contribution >= 0.6 is 0 Å². The van der Waals surface area contributed by atoms with E-state index in [0.29, 0.717) is 6.04 Å². The molecule has 14 heavy (non-hydrogen) atoms. The van der Waals surface area contributed by atoms with E-state index in [-0.39, 0.29) is 6.42 Å². The van der Waals surface area contributed by atoms with E-state index in [9.17, 15) is 4.79 Å². The third kappa shape index (κ3) is 9.08. The molecule has 3 heteroatoms. The molecule has 0 heterocycles. The van der Waals surface area contributed by atoms with Gasteiger partial charge in [0.15, 0.2) is 0 Å². The Kier molecular flexibility index (Phi) is 7.96. The molecule has 0 spiro atoms. The lowest BCUT2D eigenvalue weighted by Crippen LogP contribution is -2.26. The molecular weight excluding hydrogens is 178 g/mol. The van der Waals surface area contributed by atoms with Gasteiger partial charge in [-0.3, -0.25) is 4.79 Å². The van der Waals surface area contributed by atoms with Gasteiger partial charge in [-0.1, -0.05) is 6.42 Å². The minimum atomic E-state index is -0.710. The molecule has 80 valence electrons. The first-order chi connectivity index (χ1) is 6.66. The first-order valence-electron chi connectivity index (χ1n) is 5.05. The third-order valence-corrected chi connectivity index (χ3v) is 1.98. The number of nitrogens with one attached hydrogen (secondary N) is 1. The van der Waals surface area contributed by atoms with Gasteiger partial charge in [-0.05, 0) is 26.3 Å². The molecule has 2 N–H and O–H groups in total. The van der Waals surface area contributed by atoms with Crippen LogP contribution in [-0.4, -0.2) is 23.7 Å². The average molecular weight is 197 g/mol. The van der Waals surface area contributed by atoms with Crippen molar-refractivity contribution in [3.63, 3.8) is 0 Å². The minimum Gasteiger partial charge on any atom is -0.481 e. The Labute approximate surface area is 85.9 Å².